The van der Waals surface area contributed by atoms with Crippen molar-refractivity contribution in [2.75, 3.05) is 27.2 Å². The molecule has 5 nitrogen and oxygen atoms in total. The van der Waals surface area contributed by atoms with E-state index in [1.165, 1.54) is 116 Å². The minimum Gasteiger partial charge on any atom is -0.462 e. The average Bonchev–Trinajstić information content (AvgIpc) is 2.98. The molecule has 0 amide bonds. The summed E-state index contributed by atoms with van der Waals surface area (Å²) < 4.78 is 11.8. The molecule has 0 aromatic heterocycles. The number of carbonyl (C=O) groups is 2. The van der Waals surface area contributed by atoms with Crippen molar-refractivity contribution >= 4 is 11.9 Å². The van der Waals surface area contributed by atoms with Gasteiger partial charge >= 0.3 is 11.9 Å². The van der Waals surface area contributed by atoms with Gasteiger partial charge in [0.15, 0.2) is 0 Å². The molecule has 256 valence electrons. The Morgan fingerprint density at radius 2 is 0.930 bits per heavy atom. The van der Waals surface area contributed by atoms with Crippen molar-refractivity contribution in [2.45, 2.75) is 200 Å². The van der Waals surface area contributed by atoms with Crippen LogP contribution in [0.3, 0.4) is 0 Å². The number of carbonyl (C=O) groups excluding carboxylic acids is 2. The number of esters is 2. The highest BCUT2D eigenvalue weighted by molar-refractivity contribution is 5.72. The topological polar surface area (TPSA) is 55.8 Å². The van der Waals surface area contributed by atoms with E-state index >= 15 is 0 Å². The van der Waals surface area contributed by atoms with Gasteiger partial charge in [0.05, 0.1) is 5.92 Å². The molecule has 5 heteroatoms. The van der Waals surface area contributed by atoms with E-state index in [0.717, 1.165) is 57.9 Å². The quantitative estimate of drug-likeness (QED) is 0.0547. The predicted molar refractivity (Wildman–Crippen MR) is 185 cm³/mol. The lowest BCUT2D eigenvalue weighted by molar-refractivity contribution is -0.162. The maximum absolute atomic E-state index is 13.3. The molecule has 0 heterocycles. The van der Waals surface area contributed by atoms with Crippen molar-refractivity contribution in [3.63, 3.8) is 0 Å². The van der Waals surface area contributed by atoms with Crippen LogP contribution in [0, 0.1) is 5.92 Å². The molecule has 0 aromatic rings. The Morgan fingerprint density at radius 1 is 0.535 bits per heavy atom. The molecular formula is C38H75NO4. The normalized spacial score (nSPS) is 12.3. The summed E-state index contributed by atoms with van der Waals surface area (Å²) in [6.45, 7) is 7.83. The summed E-state index contributed by atoms with van der Waals surface area (Å²) in [7, 11) is 4.04. The maximum atomic E-state index is 13.3. The Hall–Kier alpha value is -1.10. The summed E-state index contributed by atoms with van der Waals surface area (Å²) in [5.41, 5.74) is 0. The second-order valence-electron chi connectivity index (χ2n) is 13.4. The Morgan fingerprint density at radius 3 is 1.35 bits per heavy atom. The standard InChI is InChI=1S/C38H75NO4/c1-6-9-12-15-18-19-20-21-24-27-31-36(43-37(40)32-28-33-39(4)5)34-42-38(41)35(29-25-22-16-13-10-7-2)30-26-23-17-14-11-8-3/h35-36H,6-34H2,1-5H3. The van der Waals surface area contributed by atoms with Crippen LogP contribution in [0.5, 0.6) is 0 Å². The van der Waals surface area contributed by atoms with Crippen LogP contribution in [0.2, 0.25) is 0 Å². The summed E-state index contributed by atoms with van der Waals surface area (Å²) in [5, 5.41) is 0. The third kappa shape index (κ3) is 29.4. The zero-order valence-electron chi connectivity index (χ0n) is 29.7. The second-order valence-corrected chi connectivity index (χ2v) is 13.4. The fourth-order valence-electron chi connectivity index (χ4n) is 5.84. The molecule has 0 saturated carbocycles. The molecule has 0 radical (unpaired) electrons. The number of hydrogen-bond acceptors (Lipinski definition) is 5. The van der Waals surface area contributed by atoms with Crippen molar-refractivity contribution in [3.05, 3.63) is 0 Å². The lowest BCUT2D eigenvalue weighted by Crippen LogP contribution is -2.28. The van der Waals surface area contributed by atoms with Crippen LogP contribution >= 0.6 is 0 Å². The molecule has 0 aliphatic carbocycles. The Labute approximate surface area is 269 Å². The van der Waals surface area contributed by atoms with E-state index in [9.17, 15) is 9.59 Å². The molecule has 0 aliphatic rings. The maximum Gasteiger partial charge on any atom is 0.309 e. The van der Waals surface area contributed by atoms with E-state index in [1.54, 1.807) is 0 Å². The molecule has 1 unspecified atom stereocenters. The van der Waals surface area contributed by atoms with Crippen LogP contribution in [0.4, 0.5) is 0 Å². The van der Waals surface area contributed by atoms with Crippen LogP contribution in [-0.4, -0.2) is 50.2 Å². The summed E-state index contributed by atoms with van der Waals surface area (Å²) in [6.07, 6.45) is 31.1. The molecule has 0 aromatic carbocycles. The Bertz CT molecular complexity index is 593. The van der Waals surface area contributed by atoms with Gasteiger partial charge in [-0.3, -0.25) is 9.59 Å². The van der Waals surface area contributed by atoms with Crippen molar-refractivity contribution in [2.24, 2.45) is 5.92 Å². The van der Waals surface area contributed by atoms with Gasteiger partial charge in [0.1, 0.15) is 12.7 Å². The van der Waals surface area contributed by atoms with E-state index in [0.29, 0.717) is 6.42 Å². The second kappa shape index (κ2) is 32.3. The largest absolute Gasteiger partial charge is 0.462 e. The first-order chi connectivity index (χ1) is 20.9. The zero-order valence-corrected chi connectivity index (χ0v) is 29.7. The van der Waals surface area contributed by atoms with Gasteiger partial charge in [-0.05, 0) is 52.7 Å². The zero-order chi connectivity index (χ0) is 31.8. The van der Waals surface area contributed by atoms with Gasteiger partial charge in [0.25, 0.3) is 0 Å². The van der Waals surface area contributed by atoms with E-state index in [-0.39, 0.29) is 30.6 Å². The van der Waals surface area contributed by atoms with Crippen molar-refractivity contribution in [3.8, 4) is 0 Å². The van der Waals surface area contributed by atoms with Crippen LogP contribution in [0.15, 0.2) is 0 Å². The first-order valence-electron chi connectivity index (χ1n) is 18.9. The van der Waals surface area contributed by atoms with Gasteiger partial charge in [0, 0.05) is 6.42 Å². The number of nitrogens with zero attached hydrogens (tertiary/aromatic N) is 1. The molecule has 0 aliphatic heterocycles. The van der Waals surface area contributed by atoms with Crippen LogP contribution in [0.1, 0.15) is 194 Å². The van der Waals surface area contributed by atoms with E-state index in [1.807, 2.05) is 14.1 Å². The first kappa shape index (κ1) is 41.9. The van der Waals surface area contributed by atoms with Crippen molar-refractivity contribution in [1.82, 2.24) is 4.90 Å². The fraction of sp³-hybridized carbons (Fsp3) is 0.947. The highest BCUT2D eigenvalue weighted by atomic mass is 16.6. The number of ether oxygens (including phenoxy) is 2. The molecule has 0 spiro atoms. The van der Waals surface area contributed by atoms with E-state index in [2.05, 4.69) is 25.7 Å². The highest BCUT2D eigenvalue weighted by Crippen LogP contribution is 2.22. The minimum absolute atomic E-state index is 0.0221. The summed E-state index contributed by atoms with van der Waals surface area (Å²) in [4.78, 5) is 28.0. The molecule has 0 saturated heterocycles. The predicted octanol–water partition coefficient (Wildman–Crippen LogP) is 11.2. The van der Waals surface area contributed by atoms with Crippen molar-refractivity contribution in [1.29, 1.82) is 0 Å². The smallest absolute Gasteiger partial charge is 0.309 e. The van der Waals surface area contributed by atoms with Gasteiger partial charge in [-0.25, -0.2) is 0 Å². The minimum atomic E-state index is -0.325. The monoisotopic (exact) mass is 610 g/mol. The van der Waals surface area contributed by atoms with Crippen LogP contribution < -0.4 is 0 Å². The number of unbranched alkanes of at least 4 members (excludes halogenated alkanes) is 19. The molecule has 0 fully saturated rings. The van der Waals surface area contributed by atoms with Gasteiger partial charge < -0.3 is 14.4 Å². The van der Waals surface area contributed by atoms with E-state index < -0.39 is 0 Å². The third-order valence-corrected chi connectivity index (χ3v) is 8.72. The van der Waals surface area contributed by atoms with Gasteiger partial charge in [-0.15, -0.1) is 0 Å². The lowest BCUT2D eigenvalue weighted by Gasteiger charge is -2.21. The Balaban J connectivity index is 4.79. The molecule has 1 atom stereocenters. The van der Waals surface area contributed by atoms with Crippen LogP contribution in [0.25, 0.3) is 0 Å². The highest BCUT2D eigenvalue weighted by Gasteiger charge is 2.22. The molecule has 0 rings (SSSR count). The molecular weight excluding hydrogens is 534 g/mol. The van der Waals surface area contributed by atoms with Gasteiger partial charge in [0.2, 0.25) is 0 Å². The van der Waals surface area contributed by atoms with Gasteiger partial charge in [-0.1, -0.05) is 156 Å². The summed E-state index contributed by atoms with van der Waals surface area (Å²) in [6, 6.07) is 0. The van der Waals surface area contributed by atoms with Gasteiger partial charge in [-0.2, -0.15) is 0 Å². The fourth-order valence-corrected chi connectivity index (χ4v) is 5.84. The number of hydrogen-bond donors (Lipinski definition) is 0. The SMILES string of the molecule is CCCCCCCCCCCCC(COC(=O)C(CCCCCCCC)CCCCCCCC)OC(=O)CCCN(C)C. The lowest BCUT2D eigenvalue weighted by atomic mass is 9.94. The molecule has 0 N–H and O–H groups in total. The average molecular weight is 610 g/mol. The first-order valence-corrected chi connectivity index (χ1v) is 18.9. The molecule has 0 bridgehead atoms. The summed E-state index contributed by atoms with van der Waals surface area (Å²) in [5.74, 6) is -0.254. The third-order valence-electron chi connectivity index (χ3n) is 8.72. The number of rotatable bonds is 33. The van der Waals surface area contributed by atoms with E-state index in [4.69, 9.17) is 9.47 Å². The molecule has 43 heavy (non-hydrogen) atoms. The Kier molecular flexibility index (Phi) is 31.5. The van der Waals surface area contributed by atoms with Crippen LogP contribution in [-0.2, 0) is 19.1 Å². The summed E-state index contributed by atoms with van der Waals surface area (Å²) >= 11 is 0. The van der Waals surface area contributed by atoms with Crippen molar-refractivity contribution < 1.29 is 19.1 Å².